The number of aromatic nitrogens is 1. The van der Waals surface area contributed by atoms with Crippen LogP contribution in [0.15, 0.2) is 18.2 Å². The van der Waals surface area contributed by atoms with E-state index in [2.05, 4.69) is 22.4 Å². The lowest BCUT2D eigenvalue weighted by Gasteiger charge is -2.22. The number of aryl methyl sites for hydroxylation is 1. The Morgan fingerprint density at radius 2 is 2.33 bits per heavy atom. The molecule has 2 N–H and O–H groups in total. The zero-order valence-electron chi connectivity index (χ0n) is 11.0. The van der Waals surface area contributed by atoms with Crippen LogP contribution in [0.3, 0.4) is 0 Å². The van der Waals surface area contributed by atoms with Crippen LogP contribution in [-0.2, 0) is 6.42 Å². The number of nitrogens with one attached hydrogen (secondary N) is 2. The first kappa shape index (κ1) is 11.6. The van der Waals surface area contributed by atoms with Crippen molar-refractivity contribution in [2.24, 2.45) is 0 Å². The van der Waals surface area contributed by atoms with Crippen LogP contribution in [0.5, 0.6) is 5.75 Å². The molecule has 2 aromatic rings. The van der Waals surface area contributed by atoms with Crippen LogP contribution in [0.4, 0.5) is 0 Å². The van der Waals surface area contributed by atoms with Crippen molar-refractivity contribution in [3.05, 3.63) is 29.5 Å². The maximum atomic E-state index is 5.45. The molecule has 0 radical (unpaired) electrons. The van der Waals surface area contributed by atoms with E-state index < -0.39 is 0 Å². The quantitative estimate of drug-likeness (QED) is 0.871. The Bertz CT molecular complexity index is 559. The molecule has 1 unspecified atom stereocenters. The molecule has 3 rings (SSSR count). The fourth-order valence-electron chi connectivity index (χ4n) is 3.17. The van der Waals surface area contributed by atoms with E-state index in [0.29, 0.717) is 5.92 Å². The van der Waals surface area contributed by atoms with Crippen LogP contribution >= 0.6 is 0 Å². The SMILES string of the molecule is CNCC1CCCc2c1[nH]c1c(OC)cccc21. The van der Waals surface area contributed by atoms with Gasteiger partial charge in [-0.3, -0.25) is 0 Å². The van der Waals surface area contributed by atoms with Crippen molar-refractivity contribution >= 4 is 10.9 Å². The molecule has 0 aliphatic heterocycles. The molecule has 0 spiro atoms. The van der Waals surface area contributed by atoms with E-state index in [9.17, 15) is 0 Å². The number of fused-ring (bicyclic) bond motifs is 3. The number of hydrogen-bond acceptors (Lipinski definition) is 2. The van der Waals surface area contributed by atoms with Gasteiger partial charge in [-0.15, -0.1) is 0 Å². The minimum absolute atomic E-state index is 0.607. The number of likely N-dealkylation sites (N-methyl/N-ethyl adjacent to an activating group) is 1. The molecule has 1 aromatic carbocycles. The Morgan fingerprint density at radius 3 is 3.11 bits per heavy atom. The molecule has 3 nitrogen and oxygen atoms in total. The van der Waals surface area contributed by atoms with Crippen molar-refractivity contribution in [1.29, 1.82) is 0 Å². The second kappa shape index (κ2) is 4.65. The normalized spacial score (nSPS) is 18.9. The summed E-state index contributed by atoms with van der Waals surface area (Å²) in [4.78, 5) is 3.61. The fourth-order valence-corrected chi connectivity index (χ4v) is 3.17. The lowest BCUT2D eigenvalue weighted by atomic mass is 9.87. The Hall–Kier alpha value is -1.48. The van der Waals surface area contributed by atoms with Gasteiger partial charge in [0.1, 0.15) is 5.75 Å². The van der Waals surface area contributed by atoms with Gasteiger partial charge in [0.05, 0.1) is 12.6 Å². The standard InChI is InChI=1S/C15H20N2O/c1-16-9-10-5-3-6-11-12-7-4-8-13(18-2)15(12)17-14(10)11/h4,7-8,10,16-17H,3,5-6,9H2,1-2H3. The number of H-pyrrole nitrogens is 1. The van der Waals surface area contributed by atoms with Gasteiger partial charge in [0.25, 0.3) is 0 Å². The van der Waals surface area contributed by atoms with Crippen molar-refractivity contribution in [2.45, 2.75) is 25.2 Å². The number of aromatic amines is 1. The molecule has 0 amide bonds. The van der Waals surface area contributed by atoms with Gasteiger partial charge in [0, 0.05) is 23.5 Å². The van der Waals surface area contributed by atoms with E-state index in [1.54, 1.807) is 7.11 Å². The predicted molar refractivity (Wildman–Crippen MR) is 74.5 cm³/mol. The van der Waals surface area contributed by atoms with E-state index in [0.717, 1.165) is 17.8 Å². The minimum Gasteiger partial charge on any atom is -0.495 e. The van der Waals surface area contributed by atoms with E-state index in [1.807, 2.05) is 13.1 Å². The number of methoxy groups -OCH3 is 1. The van der Waals surface area contributed by atoms with Crippen molar-refractivity contribution in [1.82, 2.24) is 10.3 Å². The van der Waals surface area contributed by atoms with E-state index >= 15 is 0 Å². The van der Waals surface area contributed by atoms with Crippen molar-refractivity contribution in [3.63, 3.8) is 0 Å². The first-order valence-corrected chi connectivity index (χ1v) is 6.67. The van der Waals surface area contributed by atoms with E-state index in [4.69, 9.17) is 4.74 Å². The summed E-state index contributed by atoms with van der Waals surface area (Å²) in [5.74, 6) is 1.56. The molecular weight excluding hydrogens is 224 g/mol. The lowest BCUT2D eigenvalue weighted by molar-refractivity contribution is 0.419. The fraction of sp³-hybridized carbons (Fsp3) is 0.467. The molecule has 0 saturated heterocycles. The number of benzene rings is 1. The highest BCUT2D eigenvalue weighted by molar-refractivity contribution is 5.90. The van der Waals surface area contributed by atoms with Gasteiger partial charge >= 0.3 is 0 Å². The summed E-state index contributed by atoms with van der Waals surface area (Å²) in [5.41, 5.74) is 4.07. The molecule has 1 aliphatic rings. The van der Waals surface area contributed by atoms with Crippen LogP contribution in [-0.4, -0.2) is 25.7 Å². The van der Waals surface area contributed by atoms with Gasteiger partial charge < -0.3 is 15.0 Å². The Balaban J connectivity index is 2.17. The molecule has 0 bridgehead atoms. The van der Waals surface area contributed by atoms with Gasteiger partial charge in [0.2, 0.25) is 0 Å². The predicted octanol–water partition coefficient (Wildman–Crippen LogP) is 2.82. The monoisotopic (exact) mass is 244 g/mol. The highest BCUT2D eigenvalue weighted by Gasteiger charge is 2.24. The molecule has 0 fully saturated rings. The largest absolute Gasteiger partial charge is 0.495 e. The zero-order valence-corrected chi connectivity index (χ0v) is 11.0. The topological polar surface area (TPSA) is 37.0 Å². The summed E-state index contributed by atoms with van der Waals surface area (Å²) < 4.78 is 5.45. The highest BCUT2D eigenvalue weighted by Crippen LogP contribution is 2.38. The lowest BCUT2D eigenvalue weighted by Crippen LogP contribution is -2.21. The third kappa shape index (κ3) is 1.70. The van der Waals surface area contributed by atoms with Gasteiger partial charge in [0.15, 0.2) is 0 Å². The molecule has 18 heavy (non-hydrogen) atoms. The summed E-state index contributed by atoms with van der Waals surface area (Å²) >= 11 is 0. The van der Waals surface area contributed by atoms with Crippen LogP contribution < -0.4 is 10.1 Å². The van der Waals surface area contributed by atoms with E-state index in [-0.39, 0.29) is 0 Å². The van der Waals surface area contributed by atoms with Crippen LogP contribution in [0.2, 0.25) is 0 Å². The maximum absolute atomic E-state index is 5.45. The Kier molecular flexibility index (Phi) is 3.00. The third-order valence-electron chi connectivity index (χ3n) is 3.99. The van der Waals surface area contributed by atoms with Crippen LogP contribution in [0.1, 0.15) is 30.0 Å². The number of ether oxygens (including phenoxy) is 1. The second-order valence-electron chi connectivity index (χ2n) is 5.05. The summed E-state index contributed by atoms with van der Waals surface area (Å²) in [6.07, 6.45) is 3.73. The summed E-state index contributed by atoms with van der Waals surface area (Å²) in [6, 6.07) is 6.31. The molecule has 1 aromatic heterocycles. The molecule has 3 heteroatoms. The van der Waals surface area contributed by atoms with Crippen molar-refractivity contribution in [2.75, 3.05) is 20.7 Å². The first-order chi connectivity index (χ1) is 8.85. The van der Waals surface area contributed by atoms with Gasteiger partial charge in [-0.2, -0.15) is 0 Å². The third-order valence-corrected chi connectivity index (χ3v) is 3.99. The van der Waals surface area contributed by atoms with Gasteiger partial charge in [-0.25, -0.2) is 0 Å². The summed E-state index contributed by atoms with van der Waals surface area (Å²) in [7, 11) is 3.76. The zero-order chi connectivity index (χ0) is 12.5. The smallest absolute Gasteiger partial charge is 0.142 e. The Morgan fingerprint density at radius 1 is 1.44 bits per heavy atom. The van der Waals surface area contributed by atoms with Crippen molar-refractivity contribution in [3.8, 4) is 5.75 Å². The minimum atomic E-state index is 0.607. The maximum Gasteiger partial charge on any atom is 0.142 e. The van der Waals surface area contributed by atoms with Crippen LogP contribution in [0.25, 0.3) is 10.9 Å². The molecule has 1 aliphatic carbocycles. The average Bonchev–Trinajstić information content (AvgIpc) is 2.79. The summed E-state index contributed by atoms with van der Waals surface area (Å²) in [5, 5.41) is 4.64. The summed E-state index contributed by atoms with van der Waals surface area (Å²) in [6.45, 7) is 1.04. The van der Waals surface area contributed by atoms with Crippen LogP contribution in [0, 0.1) is 0 Å². The number of hydrogen-bond donors (Lipinski definition) is 2. The second-order valence-corrected chi connectivity index (χ2v) is 5.05. The molecule has 1 heterocycles. The van der Waals surface area contributed by atoms with E-state index in [1.165, 1.54) is 35.9 Å². The average molecular weight is 244 g/mol. The number of para-hydroxylation sites is 1. The van der Waals surface area contributed by atoms with Gasteiger partial charge in [-0.1, -0.05) is 12.1 Å². The molecule has 0 saturated carbocycles. The molecule has 96 valence electrons. The molecule has 1 atom stereocenters. The highest BCUT2D eigenvalue weighted by atomic mass is 16.5. The number of rotatable bonds is 3. The first-order valence-electron chi connectivity index (χ1n) is 6.67. The van der Waals surface area contributed by atoms with Gasteiger partial charge in [-0.05, 0) is 37.9 Å². The van der Waals surface area contributed by atoms with Crippen molar-refractivity contribution < 1.29 is 4.74 Å². The molecular formula is C15H20N2O. The Labute approximate surface area is 108 Å².